The zero-order chi connectivity index (χ0) is 36.3. The fraction of sp³-hybridized carbons (Fsp3) is 0. The molecular weight excluding hydrogens is 671 g/mol. The minimum Gasteiger partial charge on any atom is -0.456 e. The van der Waals surface area contributed by atoms with E-state index in [-0.39, 0.29) is 0 Å². The van der Waals surface area contributed by atoms with Crippen molar-refractivity contribution in [3.63, 3.8) is 0 Å². The summed E-state index contributed by atoms with van der Waals surface area (Å²) in [6.45, 7) is 0. The number of benzene rings is 9. The van der Waals surface area contributed by atoms with E-state index >= 15 is 0 Å². The summed E-state index contributed by atoms with van der Waals surface area (Å²) < 4.78 is 13.2. The summed E-state index contributed by atoms with van der Waals surface area (Å²) in [6.07, 6.45) is 0. The fourth-order valence-corrected chi connectivity index (χ4v) is 8.34. The molecule has 0 unspecified atom stereocenters. The van der Waals surface area contributed by atoms with Crippen LogP contribution in [0.15, 0.2) is 209 Å². The zero-order valence-electron chi connectivity index (χ0n) is 29.8. The predicted octanol–water partition coefficient (Wildman–Crippen LogP) is 15.1. The molecule has 3 heteroatoms. The van der Waals surface area contributed by atoms with Crippen molar-refractivity contribution < 1.29 is 8.83 Å². The second kappa shape index (κ2) is 12.6. The van der Waals surface area contributed by atoms with Crippen molar-refractivity contribution in [1.82, 2.24) is 0 Å². The Hall–Kier alpha value is -7.36. The number of para-hydroxylation sites is 4. The largest absolute Gasteiger partial charge is 0.456 e. The summed E-state index contributed by atoms with van der Waals surface area (Å²) in [6, 6.07) is 71.0. The lowest BCUT2D eigenvalue weighted by atomic mass is 9.93. The molecule has 2 heterocycles. The van der Waals surface area contributed by atoms with Crippen molar-refractivity contribution in [3.8, 4) is 33.4 Å². The van der Waals surface area contributed by atoms with E-state index in [2.05, 4.69) is 181 Å². The van der Waals surface area contributed by atoms with Crippen LogP contribution in [0.2, 0.25) is 0 Å². The molecule has 0 atom stereocenters. The lowest BCUT2D eigenvalue weighted by molar-refractivity contribution is 0.669. The quantitative estimate of drug-likeness (QED) is 0.173. The number of furan rings is 2. The summed E-state index contributed by atoms with van der Waals surface area (Å²) in [5.74, 6) is 0. The average molecular weight is 704 g/mol. The molecule has 0 saturated heterocycles. The highest BCUT2D eigenvalue weighted by Crippen LogP contribution is 2.49. The van der Waals surface area contributed by atoms with Gasteiger partial charge < -0.3 is 13.7 Å². The first kappa shape index (κ1) is 31.2. The van der Waals surface area contributed by atoms with E-state index in [4.69, 9.17) is 8.83 Å². The van der Waals surface area contributed by atoms with Crippen LogP contribution in [-0.2, 0) is 0 Å². The van der Waals surface area contributed by atoms with Gasteiger partial charge in [-0.3, -0.25) is 0 Å². The molecule has 0 radical (unpaired) electrons. The van der Waals surface area contributed by atoms with Gasteiger partial charge in [-0.1, -0.05) is 158 Å². The van der Waals surface area contributed by atoms with Crippen LogP contribution in [0.5, 0.6) is 0 Å². The van der Waals surface area contributed by atoms with Gasteiger partial charge in [-0.15, -0.1) is 0 Å². The SMILES string of the molecule is c1ccc(-c2ccc(-c3cccc4ccccc34)cc2N(c2ccc3c(c2)oc2ccccc23)c2ccccc2-c2cccc3c2oc2ccccc23)cc1. The van der Waals surface area contributed by atoms with Gasteiger partial charge in [-0.25, -0.2) is 0 Å². The number of anilines is 3. The number of nitrogens with zero attached hydrogens (tertiary/aromatic N) is 1. The highest BCUT2D eigenvalue weighted by molar-refractivity contribution is 6.12. The van der Waals surface area contributed by atoms with Gasteiger partial charge >= 0.3 is 0 Å². The molecule has 0 aliphatic heterocycles. The third-order valence-corrected chi connectivity index (χ3v) is 10.9. The van der Waals surface area contributed by atoms with Crippen molar-refractivity contribution in [3.05, 3.63) is 200 Å². The highest BCUT2D eigenvalue weighted by Gasteiger charge is 2.24. The van der Waals surface area contributed by atoms with E-state index in [1.165, 1.54) is 16.3 Å². The van der Waals surface area contributed by atoms with Gasteiger partial charge in [0, 0.05) is 50.0 Å². The van der Waals surface area contributed by atoms with Crippen molar-refractivity contribution >= 4 is 71.7 Å². The standard InChI is InChI=1S/C52H33NO2/c1-2-14-35(15-3-1)40-30-28-36(39-22-12-17-34-16-4-5-18-38(34)39)32-48(40)53(37-29-31-44-42-20-7-10-26-49(42)54-51(44)33-37)47-25-9-6-19-41(47)45-23-13-24-46-43-21-8-11-27-50(43)55-52(45)46/h1-33H. The first-order chi connectivity index (χ1) is 27.3. The maximum absolute atomic E-state index is 6.65. The molecule has 258 valence electrons. The molecule has 0 amide bonds. The van der Waals surface area contributed by atoms with E-state index in [0.29, 0.717) is 0 Å². The van der Waals surface area contributed by atoms with Gasteiger partial charge in [-0.05, 0) is 63.9 Å². The number of fused-ring (bicyclic) bond motifs is 7. The summed E-state index contributed by atoms with van der Waals surface area (Å²) in [4.78, 5) is 2.40. The summed E-state index contributed by atoms with van der Waals surface area (Å²) in [7, 11) is 0. The number of hydrogen-bond acceptors (Lipinski definition) is 3. The van der Waals surface area contributed by atoms with Gasteiger partial charge in [0.05, 0.1) is 11.4 Å². The molecule has 0 N–H and O–H groups in total. The van der Waals surface area contributed by atoms with Crippen LogP contribution in [0, 0.1) is 0 Å². The van der Waals surface area contributed by atoms with Crippen LogP contribution < -0.4 is 4.90 Å². The Bertz CT molecular complexity index is 3220. The molecule has 0 saturated carbocycles. The molecule has 3 nitrogen and oxygen atoms in total. The van der Waals surface area contributed by atoms with Crippen LogP contribution in [0.4, 0.5) is 17.1 Å². The molecular formula is C52H33NO2. The first-order valence-electron chi connectivity index (χ1n) is 18.7. The maximum Gasteiger partial charge on any atom is 0.143 e. The van der Waals surface area contributed by atoms with Crippen LogP contribution in [-0.4, -0.2) is 0 Å². The molecule has 9 aromatic carbocycles. The average Bonchev–Trinajstić information content (AvgIpc) is 3.82. The second-order valence-corrected chi connectivity index (χ2v) is 14.0. The predicted molar refractivity (Wildman–Crippen MR) is 229 cm³/mol. The second-order valence-electron chi connectivity index (χ2n) is 14.0. The molecule has 2 aromatic heterocycles. The Balaban J connectivity index is 1.22. The van der Waals surface area contributed by atoms with Gasteiger partial charge in [0.2, 0.25) is 0 Å². The summed E-state index contributed by atoms with van der Waals surface area (Å²) >= 11 is 0. The Kier molecular flexibility index (Phi) is 7.17. The molecule has 11 rings (SSSR count). The lowest BCUT2D eigenvalue weighted by Gasteiger charge is -2.30. The van der Waals surface area contributed by atoms with Crippen molar-refractivity contribution in [2.75, 3.05) is 4.90 Å². The molecule has 0 aliphatic carbocycles. The maximum atomic E-state index is 6.65. The van der Waals surface area contributed by atoms with Crippen LogP contribution in [0.1, 0.15) is 0 Å². The third-order valence-electron chi connectivity index (χ3n) is 10.9. The van der Waals surface area contributed by atoms with Gasteiger partial charge in [0.25, 0.3) is 0 Å². The molecule has 55 heavy (non-hydrogen) atoms. The monoisotopic (exact) mass is 703 g/mol. The first-order valence-corrected chi connectivity index (χ1v) is 18.7. The Labute approximate surface area is 317 Å². The van der Waals surface area contributed by atoms with Crippen LogP contribution in [0.25, 0.3) is 88.0 Å². The molecule has 0 spiro atoms. The normalized spacial score (nSPS) is 11.6. The minimum atomic E-state index is 0.840. The highest BCUT2D eigenvalue weighted by atomic mass is 16.3. The van der Waals surface area contributed by atoms with E-state index in [9.17, 15) is 0 Å². The van der Waals surface area contributed by atoms with Gasteiger partial charge in [0.1, 0.15) is 22.3 Å². The van der Waals surface area contributed by atoms with Crippen LogP contribution >= 0.6 is 0 Å². The Morgan fingerprint density at radius 2 is 0.927 bits per heavy atom. The topological polar surface area (TPSA) is 29.5 Å². The van der Waals surface area contributed by atoms with E-state index in [1.807, 2.05) is 24.3 Å². The van der Waals surface area contributed by atoms with Gasteiger partial charge in [0.15, 0.2) is 0 Å². The Morgan fingerprint density at radius 3 is 1.80 bits per heavy atom. The summed E-state index contributed by atoms with van der Waals surface area (Å²) in [5, 5.41) is 6.84. The number of hydrogen-bond donors (Lipinski definition) is 0. The van der Waals surface area contributed by atoms with Crippen molar-refractivity contribution in [1.29, 1.82) is 0 Å². The number of rotatable bonds is 6. The Morgan fingerprint density at radius 1 is 0.309 bits per heavy atom. The van der Waals surface area contributed by atoms with E-state index in [0.717, 1.165) is 88.8 Å². The van der Waals surface area contributed by atoms with Gasteiger partial charge in [-0.2, -0.15) is 0 Å². The minimum absolute atomic E-state index is 0.840. The fourth-order valence-electron chi connectivity index (χ4n) is 8.34. The van der Waals surface area contributed by atoms with E-state index < -0.39 is 0 Å². The lowest BCUT2D eigenvalue weighted by Crippen LogP contribution is -2.12. The third kappa shape index (κ3) is 5.13. The van der Waals surface area contributed by atoms with Crippen LogP contribution in [0.3, 0.4) is 0 Å². The zero-order valence-corrected chi connectivity index (χ0v) is 29.8. The summed E-state index contributed by atoms with van der Waals surface area (Å²) in [5.41, 5.74) is 13.2. The molecule has 0 fully saturated rings. The van der Waals surface area contributed by atoms with E-state index in [1.54, 1.807) is 0 Å². The smallest absolute Gasteiger partial charge is 0.143 e. The van der Waals surface area contributed by atoms with Crippen molar-refractivity contribution in [2.45, 2.75) is 0 Å². The molecule has 0 aliphatic rings. The van der Waals surface area contributed by atoms with Crippen molar-refractivity contribution in [2.24, 2.45) is 0 Å². The molecule has 11 aromatic rings. The molecule has 0 bridgehead atoms.